The van der Waals surface area contributed by atoms with Crippen LogP contribution in [0.25, 0.3) is 6.08 Å². The summed E-state index contributed by atoms with van der Waals surface area (Å²) < 4.78 is 25.4. The molecule has 2 amide bonds. The number of carbonyl (C=O) groups excluding carboxylic acids is 2. The number of nitro benzene ring substituents is 1. The molecular formula is C26H20BrFN2O6S. The molecule has 1 aliphatic heterocycles. The van der Waals surface area contributed by atoms with Gasteiger partial charge in [-0.3, -0.25) is 24.6 Å². The second kappa shape index (κ2) is 11.6. The molecular weight excluding hydrogens is 567 g/mol. The lowest BCUT2D eigenvalue weighted by molar-refractivity contribution is -0.384. The third kappa shape index (κ3) is 6.36. The lowest BCUT2D eigenvalue weighted by Crippen LogP contribution is -2.27. The monoisotopic (exact) mass is 586 g/mol. The van der Waals surface area contributed by atoms with E-state index in [1.54, 1.807) is 36.4 Å². The van der Waals surface area contributed by atoms with E-state index in [1.807, 2.05) is 6.92 Å². The molecule has 4 rings (SSSR count). The Balaban J connectivity index is 1.54. The van der Waals surface area contributed by atoms with Crippen LogP contribution in [0, 0.1) is 15.9 Å². The van der Waals surface area contributed by atoms with Gasteiger partial charge < -0.3 is 9.47 Å². The molecule has 1 aliphatic rings. The highest BCUT2D eigenvalue weighted by Crippen LogP contribution is 2.40. The summed E-state index contributed by atoms with van der Waals surface area (Å²) in [4.78, 5) is 37.3. The van der Waals surface area contributed by atoms with Gasteiger partial charge in [0.25, 0.3) is 16.8 Å². The molecule has 190 valence electrons. The third-order valence-corrected chi connectivity index (χ3v) is 6.76. The van der Waals surface area contributed by atoms with E-state index in [9.17, 15) is 24.1 Å². The summed E-state index contributed by atoms with van der Waals surface area (Å²) in [5.41, 5.74) is 1.74. The molecule has 0 saturated carbocycles. The number of non-ortho nitro benzene ring substituents is 1. The standard InChI is InChI=1S/C26H20BrFN2O6S/c1-2-35-22-12-18(11-21(27)24(22)36-15-16-6-8-19(28)9-7-16)13-23-25(31)29(26(32)37-23)14-17-4-3-5-20(10-17)30(33)34/h3-13H,2,14-15H2,1H3/b23-13+. The third-order valence-electron chi connectivity index (χ3n) is 5.26. The van der Waals surface area contributed by atoms with Crippen molar-refractivity contribution in [1.29, 1.82) is 0 Å². The molecule has 37 heavy (non-hydrogen) atoms. The number of carbonyl (C=O) groups is 2. The minimum absolute atomic E-state index is 0.0757. The van der Waals surface area contributed by atoms with Gasteiger partial charge in [-0.1, -0.05) is 24.3 Å². The van der Waals surface area contributed by atoms with Crippen LogP contribution in [-0.2, 0) is 17.9 Å². The Bertz CT molecular complexity index is 1400. The summed E-state index contributed by atoms with van der Waals surface area (Å²) >= 11 is 4.28. The first-order valence-electron chi connectivity index (χ1n) is 11.1. The molecule has 0 unspecified atom stereocenters. The predicted octanol–water partition coefficient (Wildman–Crippen LogP) is 6.71. The molecule has 1 fully saturated rings. The average molecular weight is 587 g/mol. The van der Waals surface area contributed by atoms with E-state index in [0.717, 1.165) is 22.2 Å². The Morgan fingerprint density at radius 3 is 2.54 bits per heavy atom. The number of benzene rings is 3. The molecule has 0 N–H and O–H groups in total. The first-order chi connectivity index (χ1) is 17.7. The van der Waals surface area contributed by atoms with Gasteiger partial charge in [0.15, 0.2) is 11.5 Å². The molecule has 0 aliphatic carbocycles. The number of thioether (sulfide) groups is 1. The van der Waals surface area contributed by atoms with E-state index in [-0.39, 0.29) is 29.6 Å². The summed E-state index contributed by atoms with van der Waals surface area (Å²) in [6.45, 7) is 2.30. The van der Waals surface area contributed by atoms with Crippen LogP contribution in [0.3, 0.4) is 0 Å². The number of nitrogens with zero attached hydrogens (tertiary/aromatic N) is 2. The van der Waals surface area contributed by atoms with E-state index in [2.05, 4.69) is 15.9 Å². The summed E-state index contributed by atoms with van der Waals surface area (Å²) in [6, 6.07) is 15.2. The number of hydrogen-bond acceptors (Lipinski definition) is 7. The number of amides is 2. The van der Waals surface area contributed by atoms with Gasteiger partial charge >= 0.3 is 0 Å². The molecule has 1 saturated heterocycles. The van der Waals surface area contributed by atoms with Crippen molar-refractivity contribution in [3.63, 3.8) is 0 Å². The maximum atomic E-state index is 13.2. The molecule has 0 radical (unpaired) electrons. The van der Waals surface area contributed by atoms with Gasteiger partial charge in [0, 0.05) is 12.1 Å². The molecule has 0 bridgehead atoms. The van der Waals surface area contributed by atoms with Crippen LogP contribution in [0.1, 0.15) is 23.6 Å². The van der Waals surface area contributed by atoms with E-state index in [1.165, 1.54) is 30.3 Å². The van der Waals surface area contributed by atoms with Gasteiger partial charge in [0.05, 0.1) is 27.5 Å². The SMILES string of the molecule is CCOc1cc(/C=C2/SC(=O)N(Cc3cccc([N+](=O)[O-])c3)C2=O)cc(Br)c1OCc1ccc(F)cc1. The molecule has 3 aromatic carbocycles. The smallest absolute Gasteiger partial charge is 0.293 e. The number of imide groups is 1. The predicted molar refractivity (Wildman–Crippen MR) is 141 cm³/mol. The highest BCUT2D eigenvalue weighted by Gasteiger charge is 2.35. The zero-order chi connectivity index (χ0) is 26.5. The van der Waals surface area contributed by atoms with Gasteiger partial charge in [-0.2, -0.15) is 0 Å². The van der Waals surface area contributed by atoms with Crippen molar-refractivity contribution in [3.05, 3.63) is 103 Å². The van der Waals surface area contributed by atoms with Gasteiger partial charge in [0.1, 0.15) is 12.4 Å². The lowest BCUT2D eigenvalue weighted by Gasteiger charge is -2.15. The van der Waals surface area contributed by atoms with Crippen LogP contribution in [0.15, 0.2) is 70.0 Å². The first kappa shape index (κ1) is 26.4. The molecule has 11 heteroatoms. The Hall–Kier alpha value is -3.70. The molecule has 0 atom stereocenters. The summed E-state index contributed by atoms with van der Waals surface area (Å²) in [5.74, 6) is 0.0502. The number of nitro groups is 1. The number of hydrogen-bond donors (Lipinski definition) is 0. The Morgan fingerprint density at radius 2 is 1.84 bits per heavy atom. The van der Waals surface area contributed by atoms with Crippen LogP contribution in [0.2, 0.25) is 0 Å². The minimum atomic E-state index is -0.530. The topological polar surface area (TPSA) is 99.0 Å². The number of ether oxygens (including phenoxy) is 2. The van der Waals surface area contributed by atoms with E-state index in [0.29, 0.717) is 33.7 Å². The van der Waals surface area contributed by atoms with Gasteiger partial charge in [-0.15, -0.1) is 0 Å². The van der Waals surface area contributed by atoms with Crippen LogP contribution in [-0.4, -0.2) is 27.6 Å². The van der Waals surface area contributed by atoms with Crippen molar-refractivity contribution in [2.75, 3.05) is 6.61 Å². The summed E-state index contributed by atoms with van der Waals surface area (Å²) in [6.07, 6.45) is 1.58. The largest absolute Gasteiger partial charge is 0.490 e. The fourth-order valence-electron chi connectivity index (χ4n) is 3.55. The molecule has 8 nitrogen and oxygen atoms in total. The van der Waals surface area contributed by atoms with Crippen LogP contribution in [0.4, 0.5) is 14.9 Å². The van der Waals surface area contributed by atoms with Crippen molar-refractivity contribution < 1.29 is 28.4 Å². The van der Waals surface area contributed by atoms with Gasteiger partial charge in [-0.25, -0.2) is 4.39 Å². The molecule has 0 aromatic heterocycles. The molecule has 0 spiro atoms. The highest BCUT2D eigenvalue weighted by atomic mass is 79.9. The van der Waals surface area contributed by atoms with Crippen molar-refractivity contribution in [2.45, 2.75) is 20.1 Å². The zero-order valence-corrected chi connectivity index (χ0v) is 21.9. The Kier molecular flexibility index (Phi) is 8.24. The summed E-state index contributed by atoms with van der Waals surface area (Å²) in [7, 11) is 0. The van der Waals surface area contributed by atoms with Gasteiger partial charge in [0.2, 0.25) is 0 Å². The molecule has 3 aromatic rings. The van der Waals surface area contributed by atoms with Crippen LogP contribution < -0.4 is 9.47 Å². The van der Waals surface area contributed by atoms with Crippen molar-refractivity contribution >= 4 is 50.6 Å². The average Bonchev–Trinajstić information content (AvgIpc) is 3.12. The summed E-state index contributed by atoms with van der Waals surface area (Å²) in [5, 5.41) is 10.6. The van der Waals surface area contributed by atoms with Crippen molar-refractivity contribution in [2.24, 2.45) is 0 Å². The van der Waals surface area contributed by atoms with Crippen LogP contribution in [0.5, 0.6) is 11.5 Å². The second-order valence-corrected chi connectivity index (χ2v) is 9.72. The number of rotatable bonds is 9. The van der Waals surface area contributed by atoms with Crippen LogP contribution >= 0.6 is 27.7 Å². The zero-order valence-electron chi connectivity index (χ0n) is 19.5. The van der Waals surface area contributed by atoms with E-state index in [4.69, 9.17) is 9.47 Å². The Morgan fingerprint density at radius 1 is 1.08 bits per heavy atom. The van der Waals surface area contributed by atoms with Gasteiger partial charge in [-0.05, 0) is 81.6 Å². The fourth-order valence-corrected chi connectivity index (χ4v) is 4.96. The quantitative estimate of drug-likeness (QED) is 0.156. The van der Waals surface area contributed by atoms with E-state index < -0.39 is 16.1 Å². The Labute approximate surface area is 224 Å². The second-order valence-electron chi connectivity index (χ2n) is 7.87. The first-order valence-corrected chi connectivity index (χ1v) is 12.7. The molecule has 1 heterocycles. The lowest BCUT2D eigenvalue weighted by atomic mass is 10.1. The van der Waals surface area contributed by atoms with E-state index >= 15 is 0 Å². The minimum Gasteiger partial charge on any atom is -0.490 e. The number of halogens is 2. The maximum Gasteiger partial charge on any atom is 0.293 e. The normalized spacial score (nSPS) is 14.4. The van der Waals surface area contributed by atoms with Crippen molar-refractivity contribution in [1.82, 2.24) is 4.90 Å². The fraction of sp³-hybridized carbons (Fsp3) is 0.154. The maximum absolute atomic E-state index is 13.2. The van der Waals surface area contributed by atoms with Crippen molar-refractivity contribution in [3.8, 4) is 11.5 Å². The highest BCUT2D eigenvalue weighted by molar-refractivity contribution is 9.10.